The highest BCUT2D eigenvalue weighted by atomic mass is 32.2. The molecule has 0 unspecified atom stereocenters. The number of sulfone groups is 1. The highest BCUT2D eigenvalue weighted by Gasteiger charge is 2.32. The van der Waals surface area contributed by atoms with Crippen LogP contribution in [0.3, 0.4) is 0 Å². The van der Waals surface area contributed by atoms with E-state index in [0.717, 1.165) is 0 Å². The molecule has 0 aromatic heterocycles. The van der Waals surface area contributed by atoms with Crippen LogP contribution < -0.4 is 9.47 Å². The molecular weight excluding hydrogens is 328 g/mol. The summed E-state index contributed by atoms with van der Waals surface area (Å²) in [5.74, 6) is 0.498. The molecule has 0 fully saturated rings. The number of methoxy groups -OCH3 is 2. The second-order valence-corrected chi connectivity index (χ2v) is 7.33. The average molecular weight is 344 g/mol. The van der Waals surface area contributed by atoms with Crippen LogP contribution in [0.4, 0.5) is 0 Å². The van der Waals surface area contributed by atoms with Crippen LogP contribution >= 0.6 is 0 Å². The highest BCUT2D eigenvalue weighted by Crippen LogP contribution is 2.31. The number of Topliss-reactive ketones (excluding diaryl/α,β-unsaturated/α-hetero) is 1. The van der Waals surface area contributed by atoms with Gasteiger partial charge in [0.2, 0.25) is 0 Å². The number of hydrogen-bond donors (Lipinski definition) is 0. The Morgan fingerprint density at radius 2 is 1.71 bits per heavy atom. The van der Waals surface area contributed by atoms with E-state index in [1.807, 2.05) is 0 Å². The Balaban J connectivity index is 2.08. The standard InChI is InChI=1S/C18H16O5S/c1-22-15-8-7-12(10-16(15)23-2)9-13-11-24(20,21)17-6-4-3-5-14(17)18(13)19/h3-10H,11H2,1-2H3. The molecule has 0 radical (unpaired) electrons. The molecule has 2 aromatic carbocycles. The summed E-state index contributed by atoms with van der Waals surface area (Å²) in [6, 6.07) is 11.4. The number of ketones is 1. The molecular formula is C18H16O5S. The van der Waals surface area contributed by atoms with Crippen LogP contribution in [0.5, 0.6) is 11.5 Å². The second kappa shape index (κ2) is 6.13. The van der Waals surface area contributed by atoms with Gasteiger partial charge in [0.1, 0.15) is 0 Å². The van der Waals surface area contributed by atoms with Gasteiger partial charge in [-0.3, -0.25) is 4.79 Å². The Hall–Kier alpha value is -2.60. The Kier molecular flexibility index (Phi) is 4.15. The molecule has 1 heterocycles. The number of carbonyl (C=O) groups is 1. The van der Waals surface area contributed by atoms with Gasteiger partial charge in [-0.05, 0) is 35.9 Å². The molecule has 124 valence electrons. The van der Waals surface area contributed by atoms with Gasteiger partial charge in [0.25, 0.3) is 0 Å². The van der Waals surface area contributed by atoms with E-state index in [-0.39, 0.29) is 27.6 Å². The molecule has 1 aliphatic rings. The van der Waals surface area contributed by atoms with Gasteiger partial charge in [-0.1, -0.05) is 18.2 Å². The first-order valence-electron chi connectivity index (χ1n) is 7.25. The van der Waals surface area contributed by atoms with Crippen LogP contribution in [0.1, 0.15) is 15.9 Å². The lowest BCUT2D eigenvalue weighted by Crippen LogP contribution is -2.24. The number of benzene rings is 2. The van der Waals surface area contributed by atoms with Crippen LogP contribution in [0, 0.1) is 0 Å². The smallest absolute Gasteiger partial charge is 0.191 e. The monoisotopic (exact) mass is 344 g/mol. The highest BCUT2D eigenvalue weighted by molar-refractivity contribution is 7.91. The first kappa shape index (κ1) is 16.3. The maximum absolute atomic E-state index is 12.6. The number of rotatable bonds is 3. The molecule has 1 aliphatic heterocycles. The molecule has 6 heteroatoms. The van der Waals surface area contributed by atoms with Gasteiger partial charge >= 0.3 is 0 Å². The minimum absolute atomic E-state index is 0.0967. The lowest BCUT2D eigenvalue weighted by Gasteiger charge is -2.18. The zero-order chi connectivity index (χ0) is 17.3. The summed E-state index contributed by atoms with van der Waals surface area (Å²) in [5.41, 5.74) is 1.13. The molecule has 0 saturated heterocycles. The molecule has 0 spiro atoms. The fourth-order valence-electron chi connectivity index (χ4n) is 2.70. The van der Waals surface area contributed by atoms with Crippen LogP contribution in [0.2, 0.25) is 0 Å². The van der Waals surface area contributed by atoms with Crippen LogP contribution in [0.25, 0.3) is 6.08 Å². The molecule has 0 amide bonds. The predicted molar refractivity (Wildman–Crippen MR) is 90.3 cm³/mol. The molecule has 5 nitrogen and oxygen atoms in total. The summed E-state index contributed by atoms with van der Waals surface area (Å²) in [6.07, 6.45) is 1.58. The van der Waals surface area contributed by atoms with Crippen molar-refractivity contribution in [3.63, 3.8) is 0 Å². The van der Waals surface area contributed by atoms with Crippen molar-refractivity contribution in [1.29, 1.82) is 0 Å². The van der Waals surface area contributed by atoms with Gasteiger partial charge in [-0.25, -0.2) is 8.42 Å². The molecule has 0 N–H and O–H groups in total. The van der Waals surface area contributed by atoms with Gasteiger partial charge in [0, 0.05) is 11.1 Å². The van der Waals surface area contributed by atoms with E-state index in [2.05, 4.69) is 0 Å². The van der Waals surface area contributed by atoms with Gasteiger partial charge in [-0.15, -0.1) is 0 Å². The maximum Gasteiger partial charge on any atom is 0.191 e. The Morgan fingerprint density at radius 3 is 2.42 bits per heavy atom. The van der Waals surface area contributed by atoms with Gasteiger partial charge < -0.3 is 9.47 Å². The van der Waals surface area contributed by atoms with Crippen molar-refractivity contribution in [3.8, 4) is 11.5 Å². The van der Waals surface area contributed by atoms with Crippen molar-refractivity contribution in [2.45, 2.75) is 4.90 Å². The Bertz CT molecular complexity index is 942. The van der Waals surface area contributed by atoms with Crippen molar-refractivity contribution >= 4 is 21.7 Å². The quantitative estimate of drug-likeness (QED) is 0.801. The van der Waals surface area contributed by atoms with Crippen molar-refractivity contribution in [2.24, 2.45) is 0 Å². The van der Waals surface area contributed by atoms with Gasteiger partial charge in [0.15, 0.2) is 27.1 Å². The van der Waals surface area contributed by atoms with Crippen molar-refractivity contribution in [2.75, 3.05) is 20.0 Å². The Labute approximate surface area is 140 Å². The predicted octanol–water partition coefficient (Wildman–Crippen LogP) is 2.76. The Morgan fingerprint density at radius 1 is 1.00 bits per heavy atom. The zero-order valence-corrected chi connectivity index (χ0v) is 14.1. The van der Waals surface area contributed by atoms with Crippen LogP contribution in [0.15, 0.2) is 52.9 Å². The van der Waals surface area contributed by atoms with Crippen molar-refractivity contribution in [1.82, 2.24) is 0 Å². The SMILES string of the molecule is COc1ccc(C=C2CS(=O)(=O)c3ccccc3C2=O)cc1OC. The summed E-state index contributed by atoms with van der Waals surface area (Å²) < 4.78 is 35.2. The summed E-state index contributed by atoms with van der Waals surface area (Å²) in [7, 11) is -0.471. The zero-order valence-electron chi connectivity index (χ0n) is 13.3. The van der Waals surface area contributed by atoms with E-state index in [9.17, 15) is 13.2 Å². The molecule has 0 atom stereocenters. The minimum atomic E-state index is -3.52. The van der Waals surface area contributed by atoms with E-state index in [0.29, 0.717) is 17.1 Å². The summed E-state index contributed by atoms with van der Waals surface area (Å²) >= 11 is 0. The number of ether oxygens (including phenoxy) is 2. The summed E-state index contributed by atoms with van der Waals surface area (Å²) in [6.45, 7) is 0. The summed E-state index contributed by atoms with van der Waals surface area (Å²) in [4.78, 5) is 12.7. The number of carbonyl (C=O) groups excluding carboxylic acids is 1. The first-order chi connectivity index (χ1) is 11.5. The minimum Gasteiger partial charge on any atom is -0.493 e. The third kappa shape index (κ3) is 2.80. The molecule has 2 aromatic rings. The van der Waals surface area contributed by atoms with E-state index in [4.69, 9.17) is 9.47 Å². The molecule has 24 heavy (non-hydrogen) atoms. The van der Waals surface area contributed by atoms with Crippen molar-refractivity contribution in [3.05, 3.63) is 59.2 Å². The van der Waals surface area contributed by atoms with Gasteiger partial charge in [-0.2, -0.15) is 0 Å². The van der Waals surface area contributed by atoms with Crippen LogP contribution in [-0.2, 0) is 9.84 Å². The van der Waals surface area contributed by atoms with E-state index >= 15 is 0 Å². The molecule has 0 aliphatic carbocycles. The fourth-order valence-corrected chi connectivity index (χ4v) is 4.26. The first-order valence-corrected chi connectivity index (χ1v) is 8.90. The molecule has 3 rings (SSSR count). The molecule has 0 saturated carbocycles. The largest absolute Gasteiger partial charge is 0.493 e. The maximum atomic E-state index is 12.6. The third-order valence-corrected chi connectivity index (χ3v) is 5.57. The number of hydrogen-bond acceptors (Lipinski definition) is 5. The third-order valence-electron chi connectivity index (χ3n) is 3.85. The lowest BCUT2D eigenvalue weighted by molar-refractivity contribution is 0.103. The van der Waals surface area contributed by atoms with E-state index in [1.165, 1.54) is 26.4 Å². The summed E-state index contributed by atoms with van der Waals surface area (Å²) in [5, 5.41) is 0. The topological polar surface area (TPSA) is 69.7 Å². The van der Waals surface area contributed by atoms with Crippen molar-refractivity contribution < 1.29 is 22.7 Å². The van der Waals surface area contributed by atoms with Gasteiger partial charge in [0.05, 0.1) is 24.9 Å². The van der Waals surface area contributed by atoms with E-state index < -0.39 is 9.84 Å². The van der Waals surface area contributed by atoms with Crippen LogP contribution in [-0.4, -0.2) is 34.2 Å². The van der Waals surface area contributed by atoms with E-state index in [1.54, 1.807) is 36.4 Å². The molecule has 0 bridgehead atoms. The lowest BCUT2D eigenvalue weighted by atomic mass is 10.0. The fraction of sp³-hybridized carbons (Fsp3) is 0.167. The normalized spacial score (nSPS) is 17.4. The average Bonchev–Trinajstić information content (AvgIpc) is 2.59. The number of fused-ring (bicyclic) bond motifs is 1. The second-order valence-electron chi connectivity index (χ2n) is 5.37.